The second-order valence-electron chi connectivity index (χ2n) is 7.88. The maximum Gasteiger partial charge on any atom is 0.0600 e. The molecule has 0 spiro atoms. The molecule has 0 aliphatic heterocycles. The van der Waals surface area contributed by atoms with Gasteiger partial charge in [-0.15, -0.1) is 0 Å². The van der Waals surface area contributed by atoms with Crippen molar-refractivity contribution in [2.45, 2.75) is 59.2 Å². The van der Waals surface area contributed by atoms with Crippen LogP contribution in [-0.4, -0.2) is 75.5 Å². The lowest BCUT2D eigenvalue weighted by Gasteiger charge is -2.20. The summed E-state index contributed by atoms with van der Waals surface area (Å²) >= 11 is 0. The molecule has 0 rings (SSSR count). The minimum absolute atomic E-state index is 0.00993. The van der Waals surface area contributed by atoms with Crippen molar-refractivity contribution in [3.8, 4) is 0 Å². The summed E-state index contributed by atoms with van der Waals surface area (Å²) in [6, 6.07) is 0. The van der Waals surface area contributed by atoms with E-state index in [1.165, 1.54) is 0 Å². The van der Waals surface area contributed by atoms with Crippen molar-refractivity contribution in [2.75, 3.05) is 54.5 Å². The molecule has 0 bridgehead atoms. The summed E-state index contributed by atoms with van der Waals surface area (Å²) in [7, 11) is 8.26. The number of hydrogen-bond acceptors (Lipinski definition) is 4. The highest BCUT2D eigenvalue weighted by Gasteiger charge is 2.09. The Balaban J connectivity index is 0. The third-order valence-electron chi connectivity index (χ3n) is 2.36. The molecule has 21 heavy (non-hydrogen) atoms. The average molecular weight is 305 g/mol. The van der Waals surface area contributed by atoms with Crippen LogP contribution in [0, 0.1) is 0 Å². The van der Waals surface area contributed by atoms with Crippen molar-refractivity contribution in [2.24, 2.45) is 0 Å². The van der Waals surface area contributed by atoms with Crippen LogP contribution in [0.2, 0.25) is 0 Å². The smallest absolute Gasteiger partial charge is 0.0600 e. The normalized spacial score (nSPS) is 12.6. The van der Waals surface area contributed by atoms with E-state index in [-0.39, 0.29) is 11.2 Å². The van der Waals surface area contributed by atoms with E-state index >= 15 is 0 Å². The Morgan fingerprint density at radius 1 is 0.619 bits per heavy atom. The molecule has 0 N–H and O–H groups in total. The zero-order valence-electron chi connectivity index (χ0n) is 16.2. The molecule has 0 aromatic rings. The lowest BCUT2D eigenvalue weighted by Crippen LogP contribution is -2.25. The Hall–Kier alpha value is -0.160. The monoisotopic (exact) mass is 304 g/mol. The Labute approximate surface area is 133 Å². The highest BCUT2D eigenvalue weighted by Crippen LogP contribution is 2.06. The van der Waals surface area contributed by atoms with Gasteiger partial charge in [0, 0.05) is 13.2 Å². The Morgan fingerprint density at radius 2 is 1.00 bits per heavy atom. The Bertz CT molecular complexity index is 228. The minimum atomic E-state index is 0.00993. The van der Waals surface area contributed by atoms with Crippen LogP contribution >= 0.6 is 0 Å². The van der Waals surface area contributed by atoms with Crippen LogP contribution < -0.4 is 0 Å². The summed E-state index contributed by atoms with van der Waals surface area (Å²) in [5, 5.41) is 0. The average Bonchev–Trinajstić information content (AvgIpc) is 2.21. The van der Waals surface area contributed by atoms with Crippen LogP contribution in [0.1, 0.15) is 48.0 Å². The minimum Gasteiger partial charge on any atom is -0.376 e. The van der Waals surface area contributed by atoms with Crippen LogP contribution in [0.4, 0.5) is 0 Å². The highest BCUT2D eigenvalue weighted by atomic mass is 16.5. The van der Waals surface area contributed by atoms with Crippen molar-refractivity contribution in [3.05, 3.63) is 0 Å². The molecule has 0 aliphatic rings. The molecule has 4 nitrogen and oxygen atoms in total. The van der Waals surface area contributed by atoms with Crippen molar-refractivity contribution < 1.29 is 9.47 Å². The van der Waals surface area contributed by atoms with Gasteiger partial charge in [-0.25, -0.2) is 0 Å². The first kappa shape index (κ1) is 23.1. The summed E-state index contributed by atoms with van der Waals surface area (Å²) in [4.78, 5) is 4.29. The third-order valence-corrected chi connectivity index (χ3v) is 2.36. The molecule has 0 radical (unpaired) electrons. The molecule has 0 aliphatic carbocycles. The van der Waals surface area contributed by atoms with Gasteiger partial charge in [0.1, 0.15) is 0 Å². The molecule has 0 aromatic heterocycles. The predicted octanol–water partition coefficient (Wildman–Crippen LogP) is 3.12. The molecule has 0 atom stereocenters. The van der Waals surface area contributed by atoms with Crippen molar-refractivity contribution in [3.63, 3.8) is 0 Å². The fourth-order valence-corrected chi connectivity index (χ4v) is 1.29. The van der Waals surface area contributed by atoms with Gasteiger partial charge in [0.05, 0.1) is 17.8 Å². The van der Waals surface area contributed by atoms with E-state index in [9.17, 15) is 0 Å². The van der Waals surface area contributed by atoms with Crippen molar-refractivity contribution >= 4 is 0 Å². The van der Waals surface area contributed by atoms with Gasteiger partial charge >= 0.3 is 0 Å². The number of rotatable bonds is 7. The van der Waals surface area contributed by atoms with Gasteiger partial charge in [0.15, 0.2) is 0 Å². The molecular formula is C17H40N2O2. The molecule has 0 fully saturated rings. The second-order valence-corrected chi connectivity index (χ2v) is 7.88. The molecule has 0 unspecified atom stereocenters. The number of likely N-dealkylation sites (N-methyl/N-ethyl adjacent to an activating group) is 1. The Kier molecular flexibility index (Phi) is 12.6. The first-order valence-corrected chi connectivity index (χ1v) is 7.91. The quantitative estimate of drug-likeness (QED) is 0.675. The van der Waals surface area contributed by atoms with E-state index in [2.05, 4.69) is 65.4 Å². The molecule has 0 aromatic carbocycles. The molecule has 0 saturated carbocycles. The highest BCUT2D eigenvalue weighted by molar-refractivity contribution is 4.59. The largest absolute Gasteiger partial charge is 0.376 e. The molecule has 4 heteroatoms. The third kappa shape index (κ3) is 28.7. The number of nitrogens with zero attached hydrogens (tertiary/aromatic N) is 2. The molecule has 0 amide bonds. The maximum absolute atomic E-state index is 5.55. The van der Waals surface area contributed by atoms with E-state index in [1.807, 2.05) is 14.1 Å². The van der Waals surface area contributed by atoms with Crippen LogP contribution in [-0.2, 0) is 9.47 Å². The molecule has 0 heterocycles. The lowest BCUT2D eigenvalue weighted by molar-refractivity contribution is -0.00875. The predicted molar refractivity (Wildman–Crippen MR) is 93.1 cm³/mol. The van der Waals surface area contributed by atoms with Gasteiger partial charge < -0.3 is 19.3 Å². The summed E-state index contributed by atoms with van der Waals surface area (Å²) in [6.45, 7) is 16.3. The van der Waals surface area contributed by atoms with Gasteiger partial charge in [-0.2, -0.15) is 0 Å². The van der Waals surface area contributed by atoms with E-state index in [1.54, 1.807) is 0 Å². The molecule has 0 saturated heterocycles. The fraction of sp³-hybridized carbons (Fsp3) is 1.00. The summed E-state index contributed by atoms with van der Waals surface area (Å²) in [5.41, 5.74) is 0.0301. The van der Waals surface area contributed by atoms with Gasteiger partial charge in [0.2, 0.25) is 0 Å². The first-order chi connectivity index (χ1) is 9.33. The van der Waals surface area contributed by atoms with Crippen LogP contribution in [0.15, 0.2) is 0 Å². The topological polar surface area (TPSA) is 24.9 Å². The second kappa shape index (κ2) is 11.4. The van der Waals surface area contributed by atoms with Crippen molar-refractivity contribution in [1.82, 2.24) is 9.80 Å². The van der Waals surface area contributed by atoms with E-state index in [4.69, 9.17) is 9.47 Å². The van der Waals surface area contributed by atoms with Crippen LogP contribution in [0.5, 0.6) is 0 Å². The van der Waals surface area contributed by atoms with Gasteiger partial charge in [-0.05, 0) is 82.7 Å². The van der Waals surface area contributed by atoms with Crippen LogP contribution in [0.3, 0.4) is 0 Å². The standard InChI is InChI=1S/C9H21NO.C8H19NO/c1-9(2,3)11-8-6-7-10(4)5;1-8(2,3)10-7-6-9(4)5/h6-8H2,1-5H3;6-7H2,1-5H3. The zero-order chi connectivity index (χ0) is 17.1. The molecular weight excluding hydrogens is 264 g/mol. The summed E-state index contributed by atoms with van der Waals surface area (Å²) in [5.74, 6) is 0. The lowest BCUT2D eigenvalue weighted by atomic mass is 10.2. The van der Waals surface area contributed by atoms with E-state index in [0.29, 0.717) is 0 Å². The number of hydrogen-bond donors (Lipinski definition) is 0. The van der Waals surface area contributed by atoms with Gasteiger partial charge in [-0.1, -0.05) is 0 Å². The number of ether oxygens (including phenoxy) is 2. The zero-order valence-corrected chi connectivity index (χ0v) is 16.2. The SMILES string of the molecule is CN(C)CCCOC(C)(C)C.CN(C)CCOC(C)(C)C. The van der Waals surface area contributed by atoms with Crippen LogP contribution in [0.25, 0.3) is 0 Å². The Morgan fingerprint density at radius 3 is 1.33 bits per heavy atom. The van der Waals surface area contributed by atoms with Gasteiger partial charge in [0.25, 0.3) is 0 Å². The van der Waals surface area contributed by atoms with Gasteiger partial charge in [-0.3, -0.25) is 0 Å². The van der Waals surface area contributed by atoms with Crippen molar-refractivity contribution in [1.29, 1.82) is 0 Å². The van der Waals surface area contributed by atoms with E-state index in [0.717, 1.165) is 32.7 Å². The first-order valence-electron chi connectivity index (χ1n) is 7.91. The maximum atomic E-state index is 5.55. The van der Waals surface area contributed by atoms with E-state index < -0.39 is 0 Å². The fourth-order valence-electron chi connectivity index (χ4n) is 1.29. The molecule has 130 valence electrons. The summed E-state index contributed by atoms with van der Waals surface area (Å²) in [6.07, 6.45) is 1.12. The summed E-state index contributed by atoms with van der Waals surface area (Å²) < 4.78 is 11.1.